The molecule has 0 aliphatic rings. The van der Waals surface area contributed by atoms with E-state index in [0.29, 0.717) is 0 Å². The fraction of sp³-hybridized carbons (Fsp3) is 0.364. The van der Waals surface area contributed by atoms with Crippen molar-refractivity contribution in [2.75, 3.05) is 7.05 Å². The van der Waals surface area contributed by atoms with Crippen molar-refractivity contribution in [3.63, 3.8) is 0 Å². The fourth-order valence-corrected chi connectivity index (χ4v) is 1.02. The molecule has 17 heavy (non-hydrogen) atoms. The predicted molar refractivity (Wildman–Crippen MR) is 62.0 cm³/mol. The van der Waals surface area contributed by atoms with Crippen LogP contribution in [0.2, 0.25) is 0 Å². The highest BCUT2D eigenvalue weighted by molar-refractivity contribution is 5.70. The zero-order chi connectivity index (χ0) is 13.0. The minimum atomic E-state index is -0.508. The fourth-order valence-electron chi connectivity index (χ4n) is 1.02. The molecular formula is C11H14N2O4. The molecule has 0 atom stereocenters. The zero-order valence-electron chi connectivity index (χ0n) is 9.91. The van der Waals surface area contributed by atoms with E-state index in [1.54, 1.807) is 7.05 Å². The highest BCUT2D eigenvalue weighted by Crippen LogP contribution is 2.18. The molecule has 0 unspecified atom stereocenters. The number of nitrogens with zero attached hydrogens (tertiary/aromatic N) is 2. The first-order valence-electron chi connectivity index (χ1n) is 5.11. The summed E-state index contributed by atoms with van der Waals surface area (Å²) in [4.78, 5) is 22.9. The van der Waals surface area contributed by atoms with Gasteiger partial charge >= 0.3 is 6.09 Å². The second kappa shape index (κ2) is 5.29. The minimum absolute atomic E-state index is 0.0283. The van der Waals surface area contributed by atoms with Crippen LogP contribution in [0.5, 0.6) is 5.75 Å². The molecule has 0 aliphatic heterocycles. The topological polar surface area (TPSA) is 72.7 Å². The normalized spacial score (nSPS) is 10.1. The molecule has 0 aromatic heterocycles. The van der Waals surface area contributed by atoms with Crippen molar-refractivity contribution in [3.8, 4) is 5.75 Å². The number of hydrogen-bond donors (Lipinski definition) is 0. The Morgan fingerprint density at radius 1 is 1.35 bits per heavy atom. The Bertz CT molecular complexity index is 414. The van der Waals surface area contributed by atoms with Gasteiger partial charge in [-0.1, -0.05) is 0 Å². The van der Waals surface area contributed by atoms with Gasteiger partial charge in [0.05, 0.1) is 4.92 Å². The molecule has 0 saturated carbocycles. The van der Waals surface area contributed by atoms with E-state index in [9.17, 15) is 14.9 Å². The van der Waals surface area contributed by atoms with Gasteiger partial charge in [0.15, 0.2) is 0 Å². The van der Waals surface area contributed by atoms with Gasteiger partial charge < -0.3 is 9.64 Å². The van der Waals surface area contributed by atoms with Crippen LogP contribution in [0.4, 0.5) is 10.5 Å². The van der Waals surface area contributed by atoms with Crippen molar-refractivity contribution in [3.05, 3.63) is 34.4 Å². The number of amides is 1. The van der Waals surface area contributed by atoms with E-state index in [1.807, 2.05) is 13.8 Å². The number of carbonyl (C=O) groups is 1. The van der Waals surface area contributed by atoms with E-state index in [2.05, 4.69) is 0 Å². The van der Waals surface area contributed by atoms with Crippen LogP contribution in [-0.2, 0) is 0 Å². The summed E-state index contributed by atoms with van der Waals surface area (Å²) in [7, 11) is 1.62. The summed E-state index contributed by atoms with van der Waals surface area (Å²) in [6.45, 7) is 3.72. The van der Waals surface area contributed by atoms with E-state index in [-0.39, 0.29) is 17.5 Å². The van der Waals surface area contributed by atoms with E-state index in [1.165, 1.54) is 29.2 Å². The van der Waals surface area contributed by atoms with Crippen LogP contribution in [-0.4, -0.2) is 29.0 Å². The number of rotatable bonds is 3. The standard InChI is InChI=1S/C11H14N2O4/c1-8(2)12(3)11(14)17-10-6-4-9(5-7-10)13(15)16/h4-8H,1-3H3. The summed E-state index contributed by atoms with van der Waals surface area (Å²) in [6.07, 6.45) is -0.492. The lowest BCUT2D eigenvalue weighted by molar-refractivity contribution is -0.384. The van der Waals surface area contributed by atoms with Crippen molar-refractivity contribution in [2.24, 2.45) is 0 Å². The van der Waals surface area contributed by atoms with Crippen molar-refractivity contribution in [1.82, 2.24) is 4.90 Å². The highest BCUT2D eigenvalue weighted by Gasteiger charge is 2.14. The first-order chi connectivity index (χ1) is 7.91. The van der Waals surface area contributed by atoms with Crippen LogP contribution in [0.25, 0.3) is 0 Å². The maximum Gasteiger partial charge on any atom is 0.415 e. The third-order valence-corrected chi connectivity index (χ3v) is 2.32. The number of hydrogen-bond acceptors (Lipinski definition) is 4. The van der Waals surface area contributed by atoms with Crippen molar-refractivity contribution < 1.29 is 14.5 Å². The molecule has 92 valence electrons. The third-order valence-electron chi connectivity index (χ3n) is 2.32. The quantitative estimate of drug-likeness (QED) is 0.598. The summed E-state index contributed by atoms with van der Waals surface area (Å²) in [5.41, 5.74) is -0.0398. The van der Waals surface area contributed by atoms with Crippen molar-refractivity contribution >= 4 is 11.8 Å². The first-order valence-corrected chi connectivity index (χ1v) is 5.11. The molecule has 1 rings (SSSR count). The van der Waals surface area contributed by atoms with Crippen LogP contribution in [0, 0.1) is 10.1 Å². The molecule has 0 fully saturated rings. The summed E-state index contributed by atoms with van der Waals surface area (Å²) < 4.78 is 5.04. The van der Waals surface area contributed by atoms with Crippen LogP contribution in [0.15, 0.2) is 24.3 Å². The van der Waals surface area contributed by atoms with E-state index in [0.717, 1.165) is 0 Å². The average Bonchev–Trinajstić information content (AvgIpc) is 2.28. The molecule has 0 N–H and O–H groups in total. The van der Waals surface area contributed by atoms with Gasteiger partial charge in [-0.15, -0.1) is 0 Å². The molecule has 6 nitrogen and oxygen atoms in total. The summed E-state index contributed by atoms with van der Waals surface area (Å²) in [5.74, 6) is 0.285. The summed E-state index contributed by atoms with van der Waals surface area (Å²) in [6, 6.07) is 5.39. The number of ether oxygens (including phenoxy) is 1. The van der Waals surface area contributed by atoms with Gasteiger partial charge in [0.2, 0.25) is 0 Å². The van der Waals surface area contributed by atoms with Gasteiger partial charge in [0.25, 0.3) is 5.69 Å². The smallest absolute Gasteiger partial charge is 0.410 e. The van der Waals surface area contributed by atoms with Crippen LogP contribution in [0.3, 0.4) is 0 Å². The molecule has 1 amide bonds. The molecule has 0 radical (unpaired) electrons. The van der Waals surface area contributed by atoms with Gasteiger partial charge in [-0.2, -0.15) is 0 Å². The first kappa shape index (κ1) is 13.0. The molecule has 1 aromatic carbocycles. The maximum atomic E-state index is 11.5. The maximum absolute atomic E-state index is 11.5. The monoisotopic (exact) mass is 238 g/mol. The van der Waals surface area contributed by atoms with E-state index < -0.39 is 11.0 Å². The largest absolute Gasteiger partial charge is 0.415 e. The lowest BCUT2D eigenvalue weighted by atomic mass is 10.3. The Morgan fingerprint density at radius 2 is 1.88 bits per heavy atom. The Morgan fingerprint density at radius 3 is 2.29 bits per heavy atom. The van der Waals surface area contributed by atoms with Crippen molar-refractivity contribution in [1.29, 1.82) is 0 Å². The Hall–Kier alpha value is -2.11. The number of benzene rings is 1. The predicted octanol–water partition coefficient (Wildman–Crippen LogP) is 2.43. The summed E-state index contributed by atoms with van der Waals surface area (Å²) in [5, 5.41) is 10.4. The molecular weight excluding hydrogens is 224 g/mol. The zero-order valence-corrected chi connectivity index (χ0v) is 9.91. The second-order valence-corrected chi connectivity index (χ2v) is 3.82. The molecule has 6 heteroatoms. The molecule has 0 bridgehead atoms. The SMILES string of the molecule is CC(C)N(C)C(=O)Oc1ccc([N+](=O)[O-])cc1. The Balaban J connectivity index is 2.70. The van der Waals surface area contributed by atoms with Gasteiger partial charge in [-0.05, 0) is 26.0 Å². The van der Waals surface area contributed by atoms with E-state index >= 15 is 0 Å². The average molecular weight is 238 g/mol. The van der Waals surface area contributed by atoms with Crippen LogP contribution < -0.4 is 4.74 Å². The van der Waals surface area contributed by atoms with Gasteiger partial charge in [0.1, 0.15) is 5.75 Å². The molecule has 1 aromatic rings. The highest BCUT2D eigenvalue weighted by atomic mass is 16.6. The third kappa shape index (κ3) is 3.44. The number of carbonyl (C=O) groups excluding carboxylic acids is 1. The van der Waals surface area contributed by atoms with Gasteiger partial charge in [0, 0.05) is 25.2 Å². The Kier molecular flexibility index (Phi) is 4.03. The van der Waals surface area contributed by atoms with Gasteiger partial charge in [-0.3, -0.25) is 10.1 Å². The van der Waals surface area contributed by atoms with E-state index in [4.69, 9.17) is 4.74 Å². The number of non-ortho nitro benzene ring substituents is 1. The molecule has 0 saturated heterocycles. The lowest BCUT2D eigenvalue weighted by Gasteiger charge is -2.20. The molecule has 0 spiro atoms. The lowest BCUT2D eigenvalue weighted by Crippen LogP contribution is -2.35. The summed E-state index contributed by atoms with van der Waals surface area (Å²) >= 11 is 0. The number of nitro benzene ring substituents is 1. The van der Waals surface area contributed by atoms with Gasteiger partial charge in [-0.25, -0.2) is 4.79 Å². The van der Waals surface area contributed by atoms with Crippen LogP contribution in [0.1, 0.15) is 13.8 Å². The number of nitro groups is 1. The van der Waals surface area contributed by atoms with Crippen LogP contribution >= 0.6 is 0 Å². The second-order valence-electron chi connectivity index (χ2n) is 3.82. The molecule has 0 aliphatic carbocycles. The van der Waals surface area contributed by atoms with Crippen molar-refractivity contribution in [2.45, 2.75) is 19.9 Å². The molecule has 0 heterocycles. The Labute approximate surface area is 98.9 Å². The minimum Gasteiger partial charge on any atom is -0.410 e.